The van der Waals surface area contributed by atoms with Gasteiger partial charge in [-0.1, -0.05) is 0 Å². The smallest absolute Gasteiger partial charge is 0.353 e. The quantitative estimate of drug-likeness (QED) is 0.650. The van der Waals surface area contributed by atoms with Gasteiger partial charge in [-0.05, 0) is 12.1 Å². The molecule has 0 radical (unpaired) electrons. The van der Waals surface area contributed by atoms with Crippen LogP contribution in [-0.4, -0.2) is 14.9 Å². The molecule has 0 bridgehead atoms. The van der Waals surface area contributed by atoms with Crippen LogP contribution in [0.15, 0.2) is 24.5 Å². The zero-order valence-corrected chi connectivity index (χ0v) is 9.30. The molecule has 0 spiro atoms. The molecule has 0 aliphatic carbocycles. The average Bonchev–Trinajstić information content (AvgIpc) is 2.32. The first-order chi connectivity index (χ1) is 8.99. The number of hydrogen-bond acceptors (Lipinski definition) is 6. The van der Waals surface area contributed by atoms with E-state index in [-0.39, 0.29) is 17.3 Å². The van der Waals surface area contributed by atoms with Crippen LogP contribution < -0.4 is 11.1 Å². The van der Waals surface area contributed by atoms with E-state index in [1.54, 1.807) is 0 Å². The second-order valence-corrected chi connectivity index (χ2v) is 3.46. The SMILES string of the molecule is Nc1ncnc(Nc2ccc(F)cc2F)c1[N+](=O)[O-]. The summed E-state index contributed by atoms with van der Waals surface area (Å²) >= 11 is 0. The summed E-state index contributed by atoms with van der Waals surface area (Å²) in [6, 6.07) is 2.73. The van der Waals surface area contributed by atoms with E-state index < -0.39 is 22.2 Å². The molecule has 3 N–H and O–H groups in total. The Morgan fingerprint density at radius 3 is 2.68 bits per heavy atom. The zero-order chi connectivity index (χ0) is 14.0. The van der Waals surface area contributed by atoms with Crippen molar-refractivity contribution in [3.8, 4) is 0 Å². The first kappa shape index (κ1) is 12.6. The van der Waals surface area contributed by atoms with Crippen molar-refractivity contribution in [3.63, 3.8) is 0 Å². The van der Waals surface area contributed by atoms with E-state index in [9.17, 15) is 18.9 Å². The minimum Gasteiger partial charge on any atom is -0.378 e. The number of hydrogen-bond donors (Lipinski definition) is 2. The number of aromatic nitrogens is 2. The van der Waals surface area contributed by atoms with Gasteiger partial charge in [-0.3, -0.25) is 10.1 Å². The number of nitrogen functional groups attached to an aromatic ring is 1. The summed E-state index contributed by atoms with van der Waals surface area (Å²) in [6.45, 7) is 0. The van der Waals surface area contributed by atoms with E-state index in [0.29, 0.717) is 6.07 Å². The summed E-state index contributed by atoms with van der Waals surface area (Å²) in [5.74, 6) is -2.31. The van der Waals surface area contributed by atoms with Crippen LogP contribution >= 0.6 is 0 Å². The van der Waals surface area contributed by atoms with E-state index in [0.717, 1.165) is 18.5 Å². The predicted molar refractivity (Wildman–Crippen MR) is 62.7 cm³/mol. The number of anilines is 3. The maximum atomic E-state index is 13.4. The van der Waals surface area contributed by atoms with Crippen molar-refractivity contribution >= 4 is 23.0 Å². The molecule has 1 aromatic carbocycles. The minimum atomic E-state index is -0.911. The summed E-state index contributed by atoms with van der Waals surface area (Å²) in [5.41, 5.74) is 4.61. The fourth-order valence-corrected chi connectivity index (χ4v) is 1.38. The molecule has 2 aromatic rings. The number of nitrogens with zero attached hydrogens (tertiary/aromatic N) is 3. The Morgan fingerprint density at radius 2 is 2.05 bits per heavy atom. The van der Waals surface area contributed by atoms with Crippen LogP contribution in [0.1, 0.15) is 0 Å². The van der Waals surface area contributed by atoms with Crippen LogP contribution in [-0.2, 0) is 0 Å². The van der Waals surface area contributed by atoms with Crippen molar-refractivity contribution in [1.29, 1.82) is 0 Å². The zero-order valence-electron chi connectivity index (χ0n) is 9.30. The molecule has 0 unspecified atom stereocenters. The van der Waals surface area contributed by atoms with Crippen molar-refractivity contribution in [2.75, 3.05) is 11.1 Å². The predicted octanol–water partition coefficient (Wildman–Crippen LogP) is 1.99. The lowest BCUT2D eigenvalue weighted by atomic mass is 10.3. The third kappa shape index (κ3) is 2.54. The maximum Gasteiger partial charge on any atom is 0.353 e. The van der Waals surface area contributed by atoms with Gasteiger partial charge in [0.15, 0.2) is 0 Å². The van der Waals surface area contributed by atoms with E-state index in [2.05, 4.69) is 15.3 Å². The standard InChI is InChI=1S/C10H7F2N5O2/c11-5-1-2-7(6(12)3-5)16-10-8(17(18)19)9(13)14-4-15-10/h1-4H,(H3,13,14,15,16). The molecule has 0 atom stereocenters. The summed E-state index contributed by atoms with van der Waals surface area (Å²) in [6.07, 6.45) is 0.992. The van der Waals surface area contributed by atoms with Crippen LogP contribution in [0.25, 0.3) is 0 Å². The number of nitro groups is 1. The second kappa shape index (κ2) is 4.80. The molecule has 2 rings (SSSR count). The van der Waals surface area contributed by atoms with Gasteiger partial charge in [0, 0.05) is 6.07 Å². The third-order valence-electron chi connectivity index (χ3n) is 2.22. The Balaban J connectivity index is 2.44. The topological polar surface area (TPSA) is 107 Å². The van der Waals surface area contributed by atoms with Gasteiger partial charge in [-0.2, -0.15) is 0 Å². The van der Waals surface area contributed by atoms with Crippen molar-refractivity contribution in [1.82, 2.24) is 9.97 Å². The Kier molecular flexibility index (Phi) is 3.19. The van der Waals surface area contributed by atoms with Crippen molar-refractivity contribution in [3.05, 3.63) is 46.3 Å². The monoisotopic (exact) mass is 267 g/mol. The molecule has 0 aliphatic rings. The number of nitrogens with one attached hydrogen (secondary N) is 1. The molecule has 7 nitrogen and oxygen atoms in total. The average molecular weight is 267 g/mol. The fraction of sp³-hybridized carbons (Fsp3) is 0. The minimum absolute atomic E-state index is 0.164. The number of rotatable bonds is 3. The molecule has 0 fully saturated rings. The Hall–Kier alpha value is -2.84. The molecule has 1 aromatic heterocycles. The van der Waals surface area contributed by atoms with Crippen molar-refractivity contribution < 1.29 is 13.7 Å². The van der Waals surface area contributed by atoms with Gasteiger partial charge in [-0.25, -0.2) is 18.7 Å². The molecule has 0 aliphatic heterocycles. The van der Waals surface area contributed by atoms with E-state index in [4.69, 9.17) is 5.73 Å². The number of halogens is 2. The van der Waals surface area contributed by atoms with Gasteiger partial charge in [0.1, 0.15) is 18.0 Å². The van der Waals surface area contributed by atoms with Crippen LogP contribution in [0.2, 0.25) is 0 Å². The highest BCUT2D eigenvalue weighted by molar-refractivity contribution is 5.72. The molecule has 0 amide bonds. The normalized spacial score (nSPS) is 10.2. The summed E-state index contributed by atoms with van der Waals surface area (Å²) in [4.78, 5) is 17.1. The van der Waals surface area contributed by atoms with Crippen molar-refractivity contribution in [2.24, 2.45) is 0 Å². The maximum absolute atomic E-state index is 13.4. The lowest BCUT2D eigenvalue weighted by molar-refractivity contribution is -0.383. The third-order valence-corrected chi connectivity index (χ3v) is 2.22. The molecule has 1 heterocycles. The molecule has 9 heteroatoms. The van der Waals surface area contributed by atoms with Gasteiger partial charge in [0.05, 0.1) is 10.6 Å². The summed E-state index contributed by atoms with van der Waals surface area (Å²) in [7, 11) is 0. The Bertz CT molecular complexity index is 650. The first-order valence-electron chi connectivity index (χ1n) is 4.96. The molecule has 0 saturated carbocycles. The Labute approximate surface area is 105 Å². The fourth-order valence-electron chi connectivity index (χ4n) is 1.38. The van der Waals surface area contributed by atoms with Gasteiger partial charge in [0.25, 0.3) is 0 Å². The van der Waals surface area contributed by atoms with Crippen LogP contribution in [0, 0.1) is 21.7 Å². The second-order valence-electron chi connectivity index (χ2n) is 3.46. The van der Waals surface area contributed by atoms with Crippen LogP contribution in [0.3, 0.4) is 0 Å². The lowest BCUT2D eigenvalue weighted by Gasteiger charge is -2.07. The van der Waals surface area contributed by atoms with Crippen molar-refractivity contribution in [2.45, 2.75) is 0 Å². The van der Waals surface area contributed by atoms with E-state index in [1.807, 2.05) is 0 Å². The van der Waals surface area contributed by atoms with E-state index >= 15 is 0 Å². The largest absolute Gasteiger partial charge is 0.378 e. The highest BCUT2D eigenvalue weighted by Crippen LogP contribution is 2.29. The molecule has 98 valence electrons. The van der Waals surface area contributed by atoms with Crippen LogP contribution in [0.4, 0.5) is 31.8 Å². The first-order valence-corrected chi connectivity index (χ1v) is 4.96. The molecule has 19 heavy (non-hydrogen) atoms. The molecular weight excluding hydrogens is 260 g/mol. The molecule has 0 saturated heterocycles. The number of benzene rings is 1. The number of nitrogens with two attached hydrogens (primary N) is 1. The highest BCUT2D eigenvalue weighted by Gasteiger charge is 2.21. The van der Waals surface area contributed by atoms with Gasteiger partial charge in [0.2, 0.25) is 11.6 Å². The van der Waals surface area contributed by atoms with Crippen LogP contribution in [0.5, 0.6) is 0 Å². The summed E-state index contributed by atoms with van der Waals surface area (Å²) in [5, 5.41) is 13.2. The van der Waals surface area contributed by atoms with E-state index in [1.165, 1.54) is 0 Å². The Morgan fingerprint density at radius 1 is 1.32 bits per heavy atom. The van der Waals surface area contributed by atoms with Gasteiger partial charge < -0.3 is 11.1 Å². The highest BCUT2D eigenvalue weighted by atomic mass is 19.1. The molecular formula is C10H7F2N5O2. The van der Waals surface area contributed by atoms with Gasteiger partial charge in [-0.15, -0.1) is 0 Å². The lowest BCUT2D eigenvalue weighted by Crippen LogP contribution is -2.05. The summed E-state index contributed by atoms with van der Waals surface area (Å²) < 4.78 is 26.2. The van der Waals surface area contributed by atoms with Gasteiger partial charge >= 0.3 is 5.69 Å².